The van der Waals surface area contributed by atoms with Crippen molar-refractivity contribution in [2.75, 3.05) is 30.0 Å². The molecule has 0 radical (unpaired) electrons. The van der Waals surface area contributed by atoms with E-state index in [1.54, 1.807) is 37.4 Å². The second-order valence-electron chi connectivity index (χ2n) is 8.78. The highest BCUT2D eigenvalue weighted by Gasteiger charge is 2.45. The van der Waals surface area contributed by atoms with E-state index in [1.165, 1.54) is 4.90 Å². The summed E-state index contributed by atoms with van der Waals surface area (Å²) >= 11 is 0. The van der Waals surface area contributed by atoms with E-state index < -0.39 is 23.5 Å². The molecule has 1 aliphatic rings. The van der Waals surface area contributed by atoms with Gasteiger partial charge in [-0.25, -0.2) is 0 Å². The van der Waals surface area contributed by atoms with Gasteiger partial charge in [0.15, 0.2) is 11.5 Å². The molecule has 0 bridgehead atoms. The van der Waals surface area contributed by atoms with Crippen LogP contribution in [-0.4, -0.2) is 37.0 Å². The fourth-order valence-electron chi connectivity index (χ4n) is 4.87. The van der Waals surface area contributed by atoms with Crippen molar-refractivity contribution in [3.05, 3.63) is 102 Å². The van der Waals surface area contributed by atoms with Crippen LogP contribution in [0, 0.1) is 0 Å². The van der Waals surface area contributed by atoms with Crippen LogP contribution in [0.5, 0.6) is 5.75 Å². The molecular weight excluding hydrogens is 468 g/mol. The maximum Gasteiger partial charge on any atom is 0.294 e. The number of furan rings is 1. The average Bonchev–Trinajstić information content (AvgIpc) is 3.48. The van der Waals surface area contributed by atoms with Crippen molar-refractivity contribution in [2.24, 2.45) is 0 Å². The Bertz CT molecular complexity index is 1460. The fraction of sp³-hybridized carbons (Fsp3) is 0.200. The number of nitrogens with zero attached hydrogens (tertiary/aromatic N) is 2. The van der Waals surface area contributed by atoms with E-state index >= 15 is 0 Å². The van der Waals surface area contributed by atoms with E-state index in [2.05, 4.69) is 18.7 Å². The van der Waals surface area contributed by atoms with Crippen molar-refractivity contribution in [1.29, 1.82) is 0 Å². The molecular formula is C30H28N2O5. The summed E-state index contributed by atoms with van der Waals surface area (Å²) in [6, 6.07) is 22.7. The number of carbonyl (C=O) groups excluding carboxylic acids is 2. The van der Waals surface area contributed by atoms with Gasteiger partial charge in [0, 0.05) is 29.9 Å². The smallest absolute Gasteiger partial charge is 0.294 e. The lowest BCUT2D eigenvalue weighted by Gasteiger charge is -2.28. The van der Waals surface area contributed by atoms with Crippen LogP contribution in [0.25, 0.3) is 11.0 Å². The van der Waals surface area contributed by atoms with Gasteiger partial charge >= 0.3 is 0 Å². The van der Waals surface area contributed by atoms with E-state index in [-0.39, 0.29) is 11.3 Å². The van der Waals surface area contributed by atoms with Crippen LogP contribution in [0.4, 0.5) is 11.4 Å². The van der Waals surface area contributed by atoms with Gasteiger partial charge in [0.2, 0.25) is 5.78 Å². The Morgan fingerprint density at radius 1 is 1.00 bits per heavy atom. The minimum Gasteiger partial charge on any atom is -0.503 e. The Morgan fingerprint density at radius 2 is 1.73 bits per heavy atom. The molecule has 7 nitrogen and oxygen atoms in total. The highest BCUT2D eigenvalue weighted by Crippen LogP contribution is 2.43. The molecule has 1 amide bonds. The first-order valence-corrected chi connectivity index (χ1v) is 12.3. The molecule has 0 saturated heterocycles. The first-order chi connectivity index (χ1) is 18.0. The molecule has 0 aliphatic carbocycles. The topological polar surface area (TPSA) is 83.2 Å². The number of anilines is 2. The summed E-state index contributed by atoms with van der Waals surface area (Å²) in [7, 11) is 1.55. The van der Waals surface area contributed by atoms with E-state index in [4.69, 9.17) is 9.15 Å². The normalized spacial score (nSPS) is 15.5. The maximum absolute atomic E-state index is 13.8. The number of aliphatic hydroxyl groups excluding tert-OH is 1. The fourth-order valence-corrected chi connectivity index (χ4v) is 4.87. The van der Waals surface area contributed by atoms with Gasteiger partial charge in [-0.2, -0.15) is 0 Å². The molecule has 0 saturated carbocycles. The second-order valence-corrected chi connectivity index (χ2v) is 8.78. The Hall–Kier alpha value is -4.52. The third kappa shape index (κ3) is 4.22. The number of ether oxygens (including phenoxy) is 1. The number of ketones is 1. The minimum absolute atomic E-state index is 0.0369. The molecule has 4 aromatic rings. The van der Waals surface area contributed by atoms with Crippen LogP contribution in [0.1, 0.15) is 36.0 Å². The van der Waals surface area contributed by atoms with E-state index in [0.29, 0.717) is 22.6 Å². The average molecular weight is 497 g/mol. The van der Waals surface area contributed by atoms with Crippen molar-refractivity contribution in [1.82, 2.24) is 0 Å². The number of fused-ring (bicyclic) bond motifs is 1. The van der Waals surface area contributed by atoms with Gasteiger partial charge in [-0.1, -0.05) is 30.3 Å². The lowest BCUT2D eigenvalue weighted by atomic mass is 9.94. The van der Waals surface area contributed by atoms with Gasteiger partial charge in [-0.05, 0) is 67.9 Å². The number of para-hydroxylation sites is 1. The van der Waals surface area contributed by atoms with Gasteiger partial charge < -0.3 is 19.2 Å². The summed E-state index contributed by atoms with van der Waals surface area (Å²) in [6.45, 7) is 5.86. The van der Waals surface area contributed by atoms with Gasteiger partial charge in [0.05, 0.1) is 18.7 Å². The van der Waals surface area contributed by atoms with Crippen LogP contribution in [0.2, 0.25) is 0 Å². The number of benzene rings is 3. The molecule has 1 N–H and O–H groups in total. The third-order valence-electron chi connectivity index (χ3n) is 6.77. The summed E-state index contributed by atoms with van der Waals surface area (Å²) in [4.78, 5) is 30.9. The monoisotopic (exact) mass is 496 g/mol. The highest BCUT2D eigenvalue weighted by atomic mass is 16.5. The zero-order chi connectivity index (χ0) is 26.1. The number of hydrogen-bond acceptors (Lipinski definition) is 6. The lowest BCUT2D eigenvalue weighted by Crippen LogP contribution is -2.31. The Labute approximate surface area is 215 Å². The van der Waals surface area contributed by atoms with E-state index in [0.717, 1.165) is 24.2 Å². The number of rotatable bonds is 8. The molecule has 0 spiro atoms. The summed E-state index contributed by atoms with van der Waals surface area (Å²) in [5.41, 5.74) is 2.73. The third-order valence-corrected chi connectivity index (χ3v) is 6.77. The van der Waals surface area contributed by atoms with Crippen molar-refractivity contribution in [2.45, 2.75) is 19.9 Å². The van der Waals surface area contributed by atoms with Crippen LogP contribution >= 0.6 is 0 Å². The predicted molar refractivity (Wildman–Crippen MR) is 143 cm³/mol. The standard InChI is InChI=1S/C30H28N2O5/c1-4-31(5-2)21-13-15-22(16-14-21)32-27(20-10-8-11-23(17-20)36-3)26(29(34)30(32)35)28(33)25-18-19-9-6-7-12-24(19)37-25/h6-18,27,34H,4-5H2,1-3H3. The van der Waals surface area contributed by atoms with E-state index in [9.17, 15) is 14.7 Å². The highest BCUT2D eigenvalue weighted by molar-refractivity contribution is 6.20. The molecule has 2 heterocycles. The summed E-state index contributed by atoms with van der Waals surface area (Å²) in [6.07, 6.45) is 0. The predicted octanol–water partition coefficient (Wildman–Crippen LogP) is 6.07. The molecule has 188 valence electrons. The van der Waals surface area contributed by atoms with Crippen molar-refractivity contribution >= 4 is 34.0 Å². The molecule has 0 fully saturated rings. The SMILES string of the molecule is CCN(CC)c1ccc(N2C(=O)C(O)=C(C(=O)c3cc4ccccc4o3)C2c2cccc(OC)c2)cc1. The maximum atomic E-state index is 13.8. The van der Waals surface area contributed by atoms with Gasteiger partial charge in [-0.3, -0.25) is 14.5 Å². The molecule has 7 heteroatoms. The summed E-state index contributed by atoms with van der Waals surface area (Å²) in [5, 5.41) is 11.8. The molecule has 3 aromatic carbocycles. The van der Waals surface area contributed by atoms with Crippen LogP contribution < -0.4 is 14.5 Å². The van der Waals surface area contributed by atoms with Gasteiger partial charge in [-0.15, -0.1) is 0 Å². The van der Waals surface area contributed by atoms with Crippen LogP contribution in [0.3, 0.4) is 0 Å². The summed E-state index contributed by atoms with van der Waals surface area (Å²) in [5.74, 6) is -1.16. The molecule has 1 atom stereocenters. The van der Waals surface area contributed by atoms with E-state index in [1.807, 2.05) is 48.5 Å². The number of Topliss-reactive ketones (excluding diaryl/α,β-unsaturated/α-hetero) is 1. The minimum atomic E-state index is -0.873. The quantitative estimate of drug-likeness (QED) is 0.298. The molecule has 5 rings (SSSR count). The Morgan fingerprint density at radius 3 is 2.41 bits per heavy atom. The van der Waals surface area contributed by atoms with Gasteiger partial charge in [0.1, 0.15) is 11.3 Å². The Kier molecular flexibility index (Phi) is 6.44. The molecule has 1 aromatic heterocycles. The number of hydrogen-bond donors (Lipinski definition) is 1. The van der Waals surface area contributed by atoms with Crippen molar-refractivity contribution in [3.8, 4) is 5.75 Å². The lowest BCUT2D eigenvalue weighted by molar-refractivity contribution is -0.117. The zero-order valence-corrected chi connectivity index (χ0v) is 21.0. The first-order valence-electron chi connectivity index (χ1n) is 12.3. The number of carbonyl (C=O) groups is 2. The number of amides is 1. The Balaban J connectivity index is 1.62. The second kappa shape index (κ2) is 9.85. The number of methoxy groups -OCH3 is 1. The molecule has 37 heavy (non-hydrogen) atoms. The van der Waals surface area contributed by atoms with Gasteiger partial charge in [0.25, 0.3) is 5.91 Å². The molecule has 1 unspecified atom stereocenters. The van der Waals surface area contributed by atoms with Crippen LogP contribution in [0.15, 0.2) is 94.6 Å². The zero-order valence-electron chi connectivity index (χ0n) is 21.0. The number of aliphatic hydroxyl groups is 1. The summed E-state index contributed by atoms with van der Waals surface area (Å²) < 4.78 is 11.2. The van der Waals surface area contributed by atoms with Crippen LogP contribution in [-0.2, 0) is 4.79 Å². The first kappa shape index (κ1) is 24.2. The largest absolute Gasteiger partial charge is 0.503 e. The van der Waals surface area contributed by atoms with Crippen molar-refractivity contribution < 1.29 is 23.8 Å². The molecule has 1 aliphatic heterocycles. The van der Waals surface area contributed by atoms with Crippen molar-refractivity contribution in [3.63, 3.8) is 0 Å².